The molecule has 0 aromatic heterocycles. The number of rotatable bonds is 4. The minimum Gasteiger partial charge on any atom is -0.376 e. The highest BCUT2D eigenvalue weighted by Gasteiger charge is 2.16. The van der Waals surface area contributed by atoms with Crippen molar-refractivity contribution in [2.75, 3.05) is 13.2 Å². The van der Waals surface area contributed by atoms with Crippen molar-refractivity contribution in [2.24, 2.45) is 5.41 Å². The van der Waals surface area contributed by atoms with E-state index in [0.29, 0.717) is 12.1 Å². The van der Waals surface area contributed by atoms with Gasteiger partial charge in [-0.05, 0) is 36.0 Å². The van der Waals surface area contributed by atoms with Crippen molar-refractivity contribution in [3.8, 4) is 0 Å². The zero-order valence-electron chi connectivity index (χ0n) is 13.2. The standard InChI is InChI=1S/C18H25NO2/c1-18(2,3)11-10-14-6-8-15(9-7-14)17(20)19-13-16-5-4-12-21-16/h6-11,16H,4-5,12-13H2,1-3H3,(H,19,20). The molecule has 1 aliphatic heterocycles. The van der Waals surface area contributed by atoms with E-state index >= 15 is 0 Å². The van der Waals surface area contributed by atoms with E-state index in [1.807, 2.05) is 24.3 Å². The Morgan fingerprint density at radius 3 is 2.62 bits per heavy atom. The third-order valence-corrected chi connectivity index (χ3v) is 3.46. The van der Waals surface area contributed by atoms with Crippen molar-refractivity contribution in [1.82, 2.24) is 5.32 Å². The summed E-state index contributed by atoms with van der Waals surface area (Å²) >= 11 is 0. The molecule has 0 saturated carbocycles. The third-order valence-electron chi connectivity index (χ3n) is 3.46. The number of hydrogen-bond acceptors (Lipinski definition) is 2. The van der Waals surface area contributed by atoms with Crippen LogP contribution in [0.1, 0.15) is 49.5 Å². The van der Waals surface area contributed by atoms with Crippen LogP contribution in [-0.2, 0) is 4.74 Å². The number of benzene rings is 1. The van der Waals surface area contributed by atoms with Gasteiger partial charge in [0.2, 0.25) is 0 Å². The maximum atomic E-state index is 12.0. The minimum absolute atomic E-state index is 0.0307. The van der Waals surface area contributed by atoms with Gasteiger partial charge in [0.1, 0.15) is 0 Å². The third kappa shape index (κ3) is 5.35. The summed E-state index contributed by atoms with van der Waals surface area (Å²) < 4.78 is 5.50. The van der Waals surface area contributed by atoms with Gasteiger partial charge in [0, 0.05) is 18.7 Å². The number of amides is 1. The second-order valence-electron chi connectivity index (χ2n) is 6.67. The van der Waals surface area contributed by atoms with Gasteiger partial charge in [0.15, 0.2) is 0 Å². The highest BCUT2D eigenvalue weighted by atomic mass is 16.5. The smallest absolute Gasteiger partial charge is 0.251 e. The van der Waals surface area contributed by atoms with Crippen LogP contribution in [0.4, 0.5) is 0 Å². The molecule has 1 aromatic carbocycles. The van der Waals surface area contributed by atoms with Crippen LogP contribution in [0.3, 0.4) is 0 Å². The molecule has 3 nitrogen and oxygen atoms in total. The van der Waals surface area contributed by atoms with Crippen molar-refractivity contribution in [1.29, 1.82) is 0 Å². The average Bonchev–Trinajstić information content (AvgIpc) is 2.95. The minimum atomic E-state index is -0.0307. The van der Waals surface area contributed by atoms with Gasteiger partial charge in [-0.25, -0.2) is 0 Å². The van der Waals surface area contributed by atoms with Gasteiger partial charge in [0.25, 0.3) is 5.91 Å². The van der Waals surface area contributed by atoms with Crippen LogP contribution in [0.2, 0.25) is 0 Å². The molecule has 0 radical (unpaired) electrons. The first-order valence-electron chi connectivity index (χ1n) is 7.63. The van der Waals surface area contributed by atoms with Gasteiger partial charge >= 0.3 is 0 Å². The predicted molar refractivity (Wildman–Crippen MR) is 86.2 cm³/mol. The first-order chi connectivity index (χ1) is 9.94. The van der Waals surface area contributed by atoms with E-state index in [-0.39, 0.29) is 17.4 Å². The summed E-state index contributed by atoms with van der Waals surface area (Å²) in [6.45, 7) is 7.91. The molecule has 1 amide bonds. The molecule has 0 aliphatic carbocycles. The fourth-order valence-electron chi connectivity index (χ4n) is 2.21. The van der Waals surface area contributed by atoms with E-state index in [9.17, 15) is 4.79 Å². The Morgan fingerprint density at radius 2 is 2.05 bits per heavy atom. The maximum Gasteiger partial charge on any atom is 0.251 e. The summed E-state index contributed by atoms with van der Waals surface area (Å²) in [7, 11) is 0. The SMILES string of the molecule is CC(C)(C)C=Cc1ccc(C(=O)NCC2CCCO2)cc1. The normalized spacial score (nSPS) is 19.1. The molecule has 1 aromatic rings. The number of nitrogens with one attached hydrogen (secondary N) is 1. The molecule has 1 N–H and O–H groups in total. The monoisotopic (exact) mass is 287 g/mol. The van der Waals surface area contributed by atoms with Crippen molar-refractivity contribution < 1.29 is 9.53 Å². The van der Waals surface area contributed by atoms with Crippen molar-refractivity contribution in [2.45, 2.75) is 39.7 Å². The molecular weight excluding hydrogens is 262 g/mol. The quantitative estimate of drug-likeness (QED) is 0.918. The van der Waals surface area contributed by atoms with E-state index in [2.05, 4.69) is 38.2 Å². The van der Waals surface area contributed by atoms with Gasteiger partial charge in [-0.15, -0.1) is 0 Å². The largest absolute Gasteiger partial charge is 0.376 e. The Morgan fingerprint density at radius 1 is 1.33 bits per heavy atom. The van der Waals surface area contributed by atoms with Gasteiger partial charge in [-0.1, -0.05) is 45.1 Å². The van der Waals surface area contributed by atoms with E-state index in [0.717, 1.165) is 25.0 Å². The average molecular weight is 287 g/mol. The lowest BCUT2D eigenvalue weighted by Crippen LogP contribution is -2.31. The summed E-state index contributed by atoms with van der Waals surface area (Å²) in [5.41, 5.74) is 1.97. The lowest BCUT2D eigenvalue weighted by molar-refractivity contribution is 0.0858. The molecule has 1 fully saturated rings. The van der Waals surface area contributed by atoms with Crippen LogP contribution in [0.5, 0.6) is 0 Å². The Hall–Kier alpha value is -1.61. The topological polar surface area (TPSA) is 38.3 Å². The van der Waals surface area contributed by atoms with Crippen LogP contribution in [0, 0.1) is 5.41 Å². The predicted octanol–water partition coefficient (Wildman–Crippen LogP) is 3.65. The molecule has 1 unspecified atom stereocenters. The van der Waals surface area contributed by atoms with Crippen molar-refractivity contribution >= 4 is 12.0 Å². The number of ether oxygens (including phenoxy) is 1. The molecule has 1 heterocycles. The zero-order chi connectivity index (χ0) is 15.3. The lowest BCUT2D eigenvalue weighted by Gasteiger charge is -2.12. The molecule has 114 valence electrons. The van der Waals surface area contributed by atoms with Crippen LogP contribution >= 0.6 is 0 Å². The maximum absolute atomic E-state index is 12.0. The molecule has 1 aliphatic rings. The number of allylic oxidation sites excluding steroid dienone is 1. The molecule has 3 heteroatoms. The number of hydrogen-bond donors (Lipinski definition) is 1. The molecule has 0 spiro atoms. The Balaban J connectivity index is 1.88. The number of carbonyl (C=O) groups excluding carboxylic acids is 1. The van der Waals surface area contributed by atoms with Crippen LogP contribution in [0.25, 0.3) is 6.08 Å². The van der Waals surface area contributed by atoms with E-state index < -0.39 is 0 Å². The second kappa shape index (κ2) is 6.90. The first-order valence-corrected chi connectivity index (χ1v) is 7.63. The van der Waals surface area contributed by atoms with Crippen LogP contribution < -0.4 is 5.32 Å². The molecule has 0 bridgehead atoms. The highest BCUT2D eigenvalue weighted by molar-refractivity contribution is 5.94. The second-order valence-corrected chi connectivity index (χ2v) is 6.67. The van der Waals surface area contributed by atoms with Crippen molar-refractivity contribution in [3.05, 3.63) is 41.5 Å². The molecule has 1 saturated heterocycles. The van der Waals surface area contributed by atoms with Crippen LogP contribution in [-0.4, -0.2) is 25.2 Å². The summed E-state index contributed by atoms with van der Waals surface area (Å²) in [4.78, 5) is 12.0. The summed E-state index contributed by atoms with van der Waals surface area (Å²) in [6.07, 6.45) is 6.57. The summed E-state index contributed by atoms with van der Waals surface area (Å²) in [5, 5.41) is 2.93. The highest BCUT2D eigenvalue weighted by Crippen LogP contribution is 2.17. The van der Waals surface area contributed by atoms with Gasteiger partial charge < -0.3 is 10.1 Å². The fraction of sp³-hybridized carbons (Fsp3) is 0.500. The summed E-state index contributed by atoms with van der Waals surface area (Å²) in [6, 6.07) is 7.69. The number of carbonyl (C=O) groups is 1. The lowest BCUT2D eigenvalue weighted by atomic mass is 9.95. The molecule has 2 rings (SSSR count). The fourth-order valence-corrected chi connectivity index (χ4v) is 2.21. The zero-order valence-corrected chi connectivity index (χ0v) is 13.2. The van der Waals surface area contributed by atoms with E-state index in [4.69, 9.17) is 4.74 Å². The Bertz CT molecular complexity index is 491. The van der Waals surface area contributed by atoms with Gasteiger partial charge in [-0.2, -0.15) is 0 Å². The van der Waals surface area contributed by atoms with Gasteiger partial charge in [0.05, 0.1) is 6.10 Å². The summed E-state index contributed by atoms with van der Waals surface area (Å²) in [5.74, 6) is -0.0307. The van der Waals surface area contributed by atoms with Crippen molar-refractivity contribution in [3.63, 3.8) is 0 Å². The van der Waals surface area contributed by atoms with E-state index in [1.54, 1.807) is 0 Å². The Labute approximate surface area is 127 Å². The molecule has 21 heavy (non-hydrogen) atoms. The van der Waals surface area contributed by atoms with Gasteiger partial charge in [-0.3, -0.25) is 4.79 Å². The Kier molecular flexibility index (Phi) is 5.18. The molecular formula is C18H25NO2. The molecule has 1 atom stereocenters. The van der Waals surface area contributed by atoms with E-state index in [1.165, 1.54) is 0 Å². The first kappa shape index (κ1) is 15.8. The van der Waals surface area contributed by atoms with Crippen LogP contribution in [0.15, 0.2) is 30.3 Å².